The Kier molecular flexibility index (Phi) is 76.3. The quantitative estimate of drug-likeness (QED) is 0.0320. The second-order valence-corrected chi connectivity index (χ2v) is 28.1. The molecule has 0 aromatic heterocycles. The average Bonchev–Trinajstić information content (AvgIpc) is 3.58. The molecule has 0 fully saturated rings. The van der Waals surface area contributed by atoms with Gasteiger partial charge >= 0.3 is 5.97 Å². The van der Waals surface area contributed by atoms with Crippen LogP contribution in [0.3, 0.4) is 0 Å². The summed E-state index contributed by atoms with van der Waals surface area (Å²) in [5.41, 5.74) is 0. The van der Waals surface area contributed by atoms with Gasteiger partial charge in [0.2, 0.25) is 5.91 Å². The Hall–Kier alpha value is -1.66. The maximum atomic E-state index is 12.6. The van der Waals surface area contributed by atoms with Crippen molar-refractivity contribution in [1.82, 2.24) is 5.32 Å². The van der Waals surface area contributed by atoms with E-state index in [4.69, 9.17) is 4.74 Å². The molecule has 0 saturated carbocycles. The first kappa shape index (κ1) is 86.3. The Labute approximate surface area is 551 Å². The first-order valence-electron chi connectivity index (χ1n) is 40.6. The zero-order valence-electron chi connectivity index (χ0n) is 60.0. The number of nitrogens with one attached hydrogen (secondary N) is 1. The number of carbonyl (C=O) groups excluding carboxylic acids is 2. The number of rotatable bonds is 77. The Bertz CT molecular complexity index is 1380. The summed E-state index contributed by atoms with van der Waals surface area (Å²) < 4.78 is 5.52. The molecular formula is C82H159NO5. The van der Waals surface area contributed by atoms with Gasteiger partial charge in [0.05, 0.1) is 25.4 Å². The van der Waals surface area contributed by atoms with Crippen LogP contribution in [0, 0.1) is 0 Å². The molecule has 0 radical (unpaired) electrons. The predicted molar refractivity (Wildman–Crippen MR) is 389 cm³/mol. The minimum Gasteiger partial charge on any atom is -0.466 e. The van der Waals surface area contributed by atoms with E-state index in [1.807, 2.05) is 0 Å². The van der Waals surface area contributed by atoms with E-state index in [1.54, 1.807) is 0 Å². The van der Waals surface area contributed by atoms with Gasteiger partial charge in [-0.15, -0.1) is 0 Å². The normalized spacial score (nSPS) is 12.5. The molecule has 6 nitrogen and oxygen atoms in total. The lowest BCUT2D eigenvalue weighted by Gasteiger charge is -2.22. The first-order chi connectivity index (χ1) is 43.5. The third kappa shape index (κ3) is 73.4. The number of unbranched alkanes of at least 4 members (excludes halogenated alkanes) is 62. The lowest BCUT2D eigenvalue weighted by atomic mass is 10.0. The molecule has 3 N–H and O–H groups in total. The van der Waals surface area contributed by atoms with Crippen LogP contribution in [0.1, 0.15) is 463 Å². The van der Waals surface area contributed by atoms with E-state index >= 15 is 0 Å². The highest BCUT2D eigenvalue weighted by molar-refractivity contribution is 5.76. The predicted octanol–water partition coefficient (Wildman–Crippen LogP) is 26.8. The van der Waals surface area contributed by atoms with E-state index in [9.17, 15) is 19.8 Å². The van der Waals surface area contributed by atoms with E-state index in [1.165, 1.54) is 385 Å². The standard InChI is InChI=1S/C82H159NO5/c1-3-5-7-9-11-13-15-17-19-21-38-42-46-50-54-58-62-66-70-74-80(85)79(78-84)83-81(86)75-71-67-63-59-55-51-47-43-40-36-34-32-30-28-26-24-23-25-27-29-31-33-35-37-41-45-49-53-57-61-65-69-73-77-88-82(87)76-72-68-64-60-56-52-48-44-39-22-20-18-16-14-12-10-8-6-4-2/h12,14,18,20,79-80,84-85H,3-11,13,15-17,19,21-78H2,1-2H3,(H,83,86)/b14-12-,20-18-. The molecule has 6 heteroatoms. The molecule has 0 aliphatic heterocycles. The number of ether oxygens (including phenoxy) is 1. The van der Waals surface area contributed by atoms with Crippen molar-refractivity contribution in [3.8, 4) is 0 Å². The summed E-state index contributed by atoms with van der Waals surface area (Å²) in [5.74, 6) is -0.00612. The van der Waals surface area contributed by atoms with Crippen LogP contribution in [-0.2, 0) is 14.3 Å². The molecule has 0 heterocycles. The summed E-state index contributed by atoms with van der Waals surface area (Å²) in [6.45, 7) is 4.98. The average molecular weight is 1240 g/mol. The van der Waals surface area contributed by atoms with Crippen LogP contribution in [0.4, 0.5) is 0 Å². The van der Waals surface area contributed by atoms with E-state index in [0.29, 0.717) is 25.9 Å². The van der Waals surface area contributed by atoms with Crippen LogP contribution in [0.2, 0.25) is 0 Å². The van der Waals surface area contributed by atoms with E-state index in [0.717, 1.165) is 44.9 Å². The largest absolute Gasteiger partial charge is 0.466 e. The summed E-state index contributed by atoms with van der Waals surface area (Å²) in [4.78, 5) is 24.7. The summed E-state index contributed by atoms with van der Waals surface area (Å²) >= 11 is 0. The fourth-order valence-corrected chi connectivity index (χ4v) is 13.1. The van der Waals surface area contributed by atoms with Crippen molar-refractivity contribution < 1.29 is 24.5 Å². The maximum absolute atomic E-state index is 12.6. The van der Waals surface area contributed by atoms with Crippen molar-refractivity contribution in [3.63, 3.8) is 0 Å². The van der Waals surface area contributed by atoms with Crippen LogP contribution in [0.25, 0.3) is 0 Å². The smallest absolute Gasteiger partial charge is 0.305 e. The number of carbonyl (C=O) groups is 2. The number of aliphatic hydroxyl groups is 2. The SMILES string of the molecule is CCCCC/C=C\C/C=C\CCCCCCCCCCCC(=O)OCCCCCCCCCCCCCCCCCCCCCCCCCCCCCCCCCCCC(=O)NC(CO)C(O)CCCCCCCCCCCCCCCCCCCCC. The fraction of sp³-hybridized carbons (Fsp3) is 0.927. The number of hydrogen-bond donors (Lipinski definition) is 3. The van der Waals surface area contributed by atoms with E-state index in [-0.39, 0.29) is 18.5 Å². The zero-order chi connectivity index (χ0) is 63.5. The van der Waals surface area contributed by atoms with Gasteiger partial charge in [-0.25, -0.2) is 0 Å². The monoisotopic (exact) mass is 1240 g/mol. The number of allylic oxidation sites excluding steroid dienone is 4. The van der Waals surface area contributed by atoms with Gasteiger partial charge in [-0.1, -0.05) is 417 Å². The van der Waals surface area contributed by atoms with E-state index in [2.05, 4.69) is 43.5 Å². The number of hydrogen-bond acceptors (Lipinski definition) is 5. The van der Waals surface area contributed by atoms with Gasteiger partial charge in [0.15, 0.2) is 0 Å². The molecule has 0 bridgehead atoms. The fourth-order valence-electron chi connectivity index (χ4n) is 13.1. The minimum absolute atomic E-state index is 0.0190. The third-order valence-electron chi connectivity index (χ3n) is 19.3. The lowest BCUT2D eigenvalue weighted by molar-refractivity contribution is -0.143. The van der Waals surface area contributed by atoms with E-state index < -0.39 is 12.1 Å². The molecule has 2 unspecified atom stereocenters. The maximum Gasteiger partial charge on any atom is 0.305 e. The number of aliphatic hydroxyl groups excluding tert-OH is 2. The van der Waals surface area contributed by atoms with Gasteiger partial charge in [-0.2, -0.15) is 0 Å². The lowest BCUT2D eigenvalue weighted by Crippen LogP contribution is -2.45. The summed E-state index contributed by atoms with van der Waals surface area (Å²) in [5, 5.41) is 23.4. The van der Waals surface area contributed by atoms with Gasteiger partial charge in [0.1, 0.15) is 0 Å². The minimum atomic E-state index is -0.661. The molecule has 0 aromatic carbocycles. The van der Waals surface area contributed by atoms with Crippen LogP contribution in [-0.4, -0.2) is 47.4 Å². The Balaban J connectivity index is 3.31. The molecule has 0 saturated heterocycles. The Morgan fingerprint density at radius 2 is 0.568 bits per heavy atom. The molecule has 0 aromatic rings. The summed E-state index contributed by atoms with van der Waals surface area (Å²) in [7, 11) is 0. The Morgan fingerprint density at radius 1 is 0.318 bits per heavy atom. The van der Waals surface area contributed by atoms with Crippen LogP contribution >= 0.6 is 0 Å². The second kappa shape index (κ2) is 77.8. The Morgan fingerprint density at radius 3 is 0.886 bits per heavy atom. The van der Waals surface area contributed by atoms with Crippen molar-refractivity contribution in [2.45, 2.75) is 475 Å². The third-order valence-corrected chi connectivity index (χ3v) is 19.3. The molecule has 0 aliphatic carbocycles. The molecule has 1 amide bonds. The second-order valence-electron chi connectivity index (χ2n) is 28.1. The van der Waals surface area contributed by atoms with Gasteiger partial charge in [-0.3, -0.25) is 9.59 Å². The summed E-state index contributed by atoms with van der Waals surface area (Å²) in [6, 6.07) is -0.538. The highest BCUT2D eigenvalue weighted by Crippen LogP contribution is 2.20. The number of esters is 1. The van der Waals surface area contributed by atoms with Crippen molar-refractivity contribution in [2.75, 3.05) is 13.2 Å². The zero-order valence-corrected chi connectivity index (χ0v) is 60.0. The number of amides is 1. The van der Waals surface area contributed by atoms with Crippen LogP contribution in [0.15, 0.2) is 24.3 Å². The van der Waals surface area contributed by atoms with Crippen molar-refractivity contribution in [2.24, 2.45) is 0 Å². The first-order valence-corrected chi connectivity index (χ1v) is 40.6. The van der Waals surface area contributed by atoms with Crippen LogP contribution in [0.5, 0.6) is 0 Å². The molecule has 2 atom stereocenters. The highest BCUT2D eigenvalue weighted by atomic mass is 16.5. The molecule has 0 aliphatic rings. The topological polar surface area (TPSA) is 95.9 Å². The van der Waals surface area contributed by atoms with Crippen molar-refractivity contribution in [3.05, 3.63) is 24.3 Å². The molecule has 522 valence electrons. The van der Waals surface area contributed by atoms with Crippen LogP contribution < -0.4 is 5.32 Å². The molecular weight excluding hydrogens is 1080 g/mol. The summed E-state index contributed by atoms with van der Waals surface area (Å²) in [6.07, 6.45) is 99.9. The molecule has 88 heavy (non-hydrogen) atoms. The van der Waals surface area contributed by atoms with Crippen molar-refractivity contribution >= 4 is 11.9 Å². The van der Waals surface area contributed by atoms with Gasteiger partial charge in [0.25, 0.3) is 0 Å². The van der Waals surface area contributed by atoms with Gasteiger partial charge in [-0.05, 0) is 57.8 Å². The highest BCUT2D eigenvalue weighted by Gasteiger charge is 2.20. The van der Waals surface area contributed by atoms with Gasteiger partial charge in [0, 0.05) is 12.8 Å². The van der Waals surface area contributed by atoms with Crippen molar-refractivity contribution in [1.29, 1.82) is 0 Å². The van der Waals surface area contributed by atoms with Gasteiger partial charge < -0.3 is 20.3 Å². The molecule has 0 rings (SSSR count). The molecule has 0 spiro atoms.